The molecule has 2 N–H and O–H groups in total. The molecule has 2 aromatic carbocycles. The van der Waals surface area contributed by atoms with Gasteiger partial charge in [-0.1, -0.05) is 23.7 Å². The van der Waals surface area contributed by atoms with Gasteiger partial charge in [-0.25, -0.2) is 0 Å². The lowest BCUT2D eigenvalue weighted by atomic mass is 10.1. The summed E-state index contributed by atoms with van der Waals surface area (Å²) >= 11 is 7.58. The highest BCUT2D eigenvalue weighted by molar-refractivity contribution is 7.98. The van der Waals surface area contributed by atoms with Gasteiger partial charge in [0.05, 0.1) is 0 Å². The van der Waals surface area contributed by atoms with Crippen LogP contribution in [0.1, 0.15) is 11.7 Å². The van der Waals surface area contributed by atoms with Crippen molar-refractivity contribution in [2.75, 3.05) is 12.8 Å². The highest BCUT2D eigenvalue weighted by Gasteiger charge is 2.11. The van der Waals surface area contributed by atoms with Gasteiger partial charge >= 0.3 is 0 Å². The fraction of sp³-hybridized carbons (Fsp3) is 0.200. The van der Waals surface area contributed by atoms with Gasteiger partial charge in [-0.2, -0.15) is 0 Å². The number of hydrogen-bond acceptors (Lipinski definition) is 3. The molecular weight excluding hydrogens is 278 g/mol. The van der Waals surface area contributed by atoms with Gasteiger partial charge in [0.1, 0.15) is 11.9 Å². The SMILES string of the molecule is CSc1ccc(OC(CN)c2ccc(Cl)cc2)cc1. The van der Waals surface area contributed by atoms with E-state index in [2.05, 4.69) is 0 Å². The van der Waals surface area contributed by atoms with E-state index in [1.807, 2.05) is 54.8 Å². The topological polar surface area (TPSA) is 35.2 Å². The van der Waals surface area contributed by atoms with E-state index in [4.69, 9.17) is 22.1 Å². The van der Waals surface area contributed by atoms with Crippen LogP contribution in [0.2, 0.25) is 5.02 Å². The summed E-state index contributed by atoms with van der Waals surface area (Å²) in [5, 5.41) is 0.712. The number of rotatable bonds is 5. The molecular formula is C15H16ClNOS. The lowest BCUT2D eigenvalue weighted by Gasteiger charge is -2.18. The van der Waals surface area contributed by atoms with Gasteiger partial charge in [-0.05, 0) is 48.2 Å². The predicted molar refractivity (Wildman–Crippen MR) is 82.1 cm³/mol. The zero-order valence-electron chi connectivity index (χ0n) is 10.7. The van der Waals surface area contributed by atoms with Crippen molar-refractivity contribution in [1.82, 2.24) is 0 Å². The molecule has 0 aromatic heterocycles. The average molecular weight is 294 g/mol. The highest BCUT2D eigenvalue weighted by atomic mass is 35.5. The minimum Gasteiger partial charge on any atom is -0.484 e. The van der Waals surface area contributed by atoms with Crippen LogP contribution >= 0.6 is 23.4 Å². The summed E-state index contributed by atoms with van der Waals surface area (Å²) in [5.74, 6) is 0.822. The lowest BCUT2D eigenvalue weighted by molar-refractivity contribution is 0.214. The number of halogens is 1. The van der Waals surface area contributed by atoms with Crippen LogP contribution < -0.4 is 10.5 Å². The summed E-state index contributed by atoms with van der Waals surface area (Å²) < 4.78 is 5.91. The second kappa shape index (κ2) is 6.85. The smallest absolute Gasteiger partial charge is 0.136 e. The molecule has 0 aliphatic heterocycles. The van der Waals surface area contributed by atoms with Gasteiger partial charge < -0.3 is 10.5 Å². The lowest BCUT2D eigenvalue weighted by Crippen LogP contribution is -2.18. The first kappa shape index (κ1) is 14.3. The minimum absolute atomic E-state index is 0.155. The van der Waals surface area contributed by atoms with Crippen molar-refractivity contribution >= 4 is 23.4 Å². The van der Waals surface area contributed by atoms with E-state index >= 15 is 0 Å². The first-order chi connectivity index (χ1) is 9.22. The normalized spacial score (nSPS) is 12.2. The number of hydrogen-bond donors (Lipinski definition) is 1. The Kier molecular flexibility index (Phi) is 5.14. The fourth-order valence-corrected chi connectivity index (χ4v) is 2.28. The standard InChI is InChI=1S/C15H16ClNOS/c1-19-14-8-6-13(7-9-14)18-15(10-17)11-2-4-12(16)5-3-11/h2-9,15H,10,17H2,1H3. The van der Waals surface area contributed by atoms with Crippen LogP contribution in [0.3, 0.4) is 0 Å². The molecule has 0 aliphatic carbocycles. The molecule has 1 atom stereocenters. The fourth-order valence-electron chi connectivity index (χ4n) is 1.75. The van der Waals surface area contributed by atoms with E-state index in [-0.39, 0.29) is 6.10 Å². The second-order valence-electron chi connectivity index (χ2n) is 4.07. The average Bonchev–Trinajstić information content (AvgIpc) is 2.46. The molecule has 1 unspecified atom stereocenters. The Balaban J connectivity index is 2.11. The third-order valence-corrected chi connectivity index (χ3v) is 3.79. The first-order valence-corrected chi connectivity index (χ1v) is 7.59. The van der Waals surface area contributed by atoms with E-state index in [1.165, 1.54) is 4.90 Å². The van der Waals surface area contributed by atoms with Crippen molar-refractivity contribution in [3.63, 3.8) is 0 Å². The molecule has 19 heavy (non-hydrogen) atoms. The molecule has 0 fully saturated rings. The van der Waals surface area contributed by atoms with Gasteiger partial charge in [0.25, 0.3) is 0 Å². The van der Waals surface area contributed by atoms with E-state index in [9.17, 15) is 0 Å². The Morgan fingerprint density at radius 1 is 1.11 bits per heavy atom. The quantitative estimate of drug-likeness (QED) is 0.842. The van der Waals surface area contributed by atoms with Crippen LogP contribution in [-0.2, 0) is 0 Å². The second-order valence-corrected chi connectivity index (χ2v) is 5.39. The molecule has 2 rings (SSSR count). The van der Waals surface area contributed by atoms with Gasteiger partial charge in [-0.15, -0.1) is 11.8 Å². The van der Waals surface area contributed by atoms with Crippen molar-refractivity contribution < 1.29 is 4.74 Å². The Morgan fingerprint density at radius 3 is 2.26 bits per heavy atom. The summed E-state index contributed by atoms with van der Waals surface area (Å²) in [7, 11) is 0. The van der Waals surface area contributed by atoms with E-state index in [0.29, 0.717) is 11.6 Å². The zero-order valence-corrected chi connectivity index (χ0v) is 12.2. The van der Waals surface area contributed by atoms with Crippen molar-refractivity contribution in [1.29, 1.82) is 0 Å². The van der Waals surface area contributed by atoms with Crippen LogP contribution in [0.15, 0.2) is 53.4 Å². The Labute approximate surface area is 122 Å². The van der Waals surface area contributed by atoms with Crippen molar-refractivity contribution in [2.24, 2.45) is 5.73 Å². The Morgan fingerprint density at radius 2 is 1.74 bits per heavy atom. The van der Waals surface area contributed by atoms with Gasteiger partial charge in [-0.3, -0.25) is 0 Å². The van der Waals surface area contributed by atoms with Gasteiger partial charge in [0.2, 0.25) is 0 Å². The maximum absolute atomic E-state index is 5.91. The molecule has 100 valence electrons. The van der Waals surface area contributed by atoms with E-state index in [0.717, 1.165) is 11.3 Å². The summed E-state index contributed by atoms with van der Waals surface area (Å²) in [6.45, 7) is 0.423. The molecule has 0 aliphatic rings. The summed E-state index contributed by atoms with van der Waals surface area (Å²) in [6, 6.07) is 15.6. The molecule has 0 bridgehead atoms. The van der Waals surface area contributed by atoms with Crippen molar-refractivity contribution in [3.8, 4) is 5.75 Å². The molecule has 0 radical (unpaired) electrons. The van der Waals surface area contributed by atoms with E-state index in [1.54, 1.807) is 11.8 Å². The van der Waals surface area contributed by atoms with Crippen molar-refractivity contribution in [3.05, 3.63) is 59.1 Å². The molecule has 0 spiro atoms. The van der Waals surface area contributed by atoms with Gasteiger partial charge in [0.15, 0.2) is 0 Å². The van der Waals surface area contributed by atoms with E-state index < -0.39 is 0 Å². The number of benzene rings is 2. The van der Waals surface area contributed by atoms with Crippen LogP contribution in [0.5, 0.6) is 5.75 Å². The zero-order chi connectivity index (χ0) is 13.7. The molecule has 0 amide bonds. The molecule has 2 aromatic rings. The number of thioether (sulfide) groups is 1. The molecule has 2 nitrogen and oxygen atoms in total. The molecule has 0 saturated heterocycles. The first-order valence-electron chi connectivity index (χ1n) is 5.99. The summed E-state index contributed by atoms with van der Waals surface area (Å²) in [5.41, 5.74) is 6.81. The molecule has 0 saturated carbocycles. The summed E-state index contributed by atoms with van der Waals surface area (Å²) in [6.07, 6.45) is 1.89. The largest absolute Gasteiger partial charge is 0.484 e. The maximum atomic E-state index is 5.91. The monoisotopic (exact) mass is 293 g/mol. The number of nitrogens with two attached hydrogens (primary N) is 1. The van der Waals surface area contributed by atoms with Crippen LogP contribution in [0, 0.1) is 0 Å². The third kappa shape index (κ3) is 3.90. The number of ether oxygens (including phenoxy) is 1. The Bertz CT molecular complexity index is 513. The third-order valence-electron chi connectivity index (χ3n) is 2.79. The Hall–Kier alpha value is -1.16. The summed E-state index contributed by atoms with van der Waals surface area (Å²) in [4.78, 5) is 1.21. The minimum atomic E-state index is -0.155. The maximum Gasteiger partial charge on any atom is 0.136 e. The van der Waals surface area contributed by atoms with Crippen LogP contribution in [-0.4, -0.2) is 12.8 Å². The molecule has 4 heteroatoms. The highest BCUT2D eigenvalue weighted by Crippen LogP contribution is 2.24. The molecule has 0 heterocycles. The predicted octanol–water partition coefficient (Wildman–Crippen LogP) is 4.14. The van der Waals surface area contributed by atoms with Crippen LogP contribution in [0.4, 0.5) is 0 Å². The van der Waals surface area contributed by atoms with Gasteiger partial charge in [0, 0.05) is 16.5 Å². The van der Waals surface area contributed by atoms with Crippen molar-refractivity contribution in [2.45, 2.75) is 11.0 Å². The van der Waals surface area contributed by atoms with Crippen LogP contribution in [0.25, 0.3) is 0 Å².